The topological polar surface area (TPSA) is 85.2 Å². The first-order valence-corrected chi connectivity index (χ1v) is 11.7. The molecule has 162 valence electrons. The zero-order valence-corrected chi connectivity index (χ0v) is 19.0. The molecule has 0 unspecified atom stereocenters. The van der Waals surface area contributed by atoms with Gasteiger partial charge < -0.3 is 4.57 Å². The molecule has 3 rings (SSSR count). The number of nitrogens with one attached hydrogen (secondary N) is 1. The van der Waals surface area contributed by atoms with Crippen molar-refractivity contribution in [2.24, 2.45) is 0 Å². The standard InChI is InChI=1S/C23H23ClN2O4S/c1-4-22(27)20-14-21(16-6-8-17(24)9-7-16)26(15(20)3)18-10-12-19(13-11-18)31(29,30)25-23(28)5-2/h6-14H,4-5H2,1-3H3,(H,25,28). The monoisotopic (exact) mass is 458 g/mol. The van der Waals surface area contributed by atoms with Gasteiger partial charge in [0.25, 0.3) is 10.0 Å². The Morgan fingerprint density at radius 2 is 1.58 bits per heavy atom. The van der Waals surface area contributed by atoms with Gasteiger partial charge in [0.15, 0.2) is 5.78 Å². The Morgan fingerprint density at radius 1 is 0.968 bits per heavy atom. The van der Waals surface area contributed by atoms with E-state index in [1.807, 2.05) is 41.3 Å². The summed E-state index contributed by atoms with van der Waals surface area (Å²) in [5.74, 6) is -0.550. The van der Waals surface area contributed by atoms with Gasteiger partial charge in [-0.1, -0.05) is 37.6 Å². The Kier molecular flexibility index (Phi) is 6.67. The summed E-state index contributed by atoms with van der Waals surface area (Å²) in [7, 11) is -3.94. The summed E-state index contributed by atoms with van der Waals surface area (Å²) in [5, 5.41) is 0.604. The largest absolute Gasteiger partial charge is 0.313 e. The summed E-state index contributed by atoms with van der Waals surface area (Å²) in [4.78, 5) is 24.0. The first-order valence-electron chi connectivity index (χ1n) is 9.85. The van der Waals surface area contributed by atoms with E-state index in [4.69, 9.17) is 11.6 Å². The highest BCUT2D eigenvalue weighted by atomic mass is 35.5. The molecule has 0 spiro atoms. The predicted molar refractivity (Wildman–Crippen MR) is 121 cm³/mol. The van der Waals surface area contributed by atoms with E-state index in [9.17, 15) is 18.0 Å². The number of ketones is 1. The number of benzene rings is 2. The van der Waals surface area contributed by atoms with Gasteiger partial charge in [-0.2, -0.15) is 0 Å². The molecule has 0 aliphatic heterocycles. The average Bonchev–Trinajstić information content (AvgIpc) is 3.10. The Labute approximate surface area is 186 Å². The minimum atomic E-state index is -3.94. The number of hydrogen-bond donors (Lipinski definition) is 1. The second-order valence-corrected chi connectivity index (χ2v) is 9.14. The van der Waals surface area contributed by atoms with Crippen LogP contribution in [0.5, 0.6) is 0 Å². The zero-order valence-electron chi connectivity index (χ0n) is 17.5. The molecule has 0 aliphatic rings. The number of nitrogens with zero attached hydrogens (tertiary/aromatic N) is 1. The summed E-state index contributed by atoms with van der Waals surface area (Å²) in [6.07, 6.45) is 0.442. The lowest BCUT2D eigenvalue weighted by Gasteiger charge is -2.13. The van der Waals surface area contributed by atoms with Gasteiger partial charge in [0.2, 0.25) is 5.91 Å². The van der Waals surface area contributed by atoms with Gasteiger partial charge in [0.1, 0.15) is 0 Å². The third-order valence-corrected chi connectivity index (χ3v) is 6.62. The molecule has 0 fully saturated rings. The van der Waals surface area contributed by atoms with Crippen molar-refractivity contribution >= 4 is 33.3 Å². The van der Waals surface area contributed by atoms with Crippen molar-refractivity contribution < 1.29 is 18.0 Å². The summed E-state index contributed by atoms with van der Waals surface area (Å²) in [6.45, 7) is 5.25. The van der Waals surface area contributed by atoms with Gasteiger partial charge in [-0.05, 0) is 55.0 Å². The maximum atomic E-state index is 12.5. The maximum absolute atomic E-state index is 12.5. The molecule has 1 amide bonds. The zero-order chi connectivity index (χ0) is 22.8. The third kappa shape index (κ3) is 4.73. The summed E-state index contributed by atoms with van der Waals surface area (Å²) in [5.41, 5.74) is 3.72. The van der Waals surface area contributed by atoms with Gasteiger partial charge in [0, 0.05) is 34.8 Å². The molecule has 8 heteroatoms. The molecule has 2 aromatic carbocycles. The Balaban J connectivity index is 2.11. The first kappa shape index (κ1) is 22.8. The van der Waals surface area contributed by atoms with Crippen LogP contribution in [-0.2, 0) is 14.8 Å². The van der Waals surface area contributed by atoms with E-state index in [0.29, 0.717) is 22.7 Å². The van der Waals surface area contributed by atoms with E-state index < -0.39 is 15.9 Å². The Bertz CT molecular complexity index is 1230. The number of halogens is 1. The summed E-state index contributed by atoms with van der Waals surface area (Å²) >= 11 is 6.02. The van der Waals surface area contributed by atoms with Crippen LogP contribution >= 0.6 is 11.6 Å². The van der Waals surface area contributed by atoms with E-state index in [1.54, 1.807) is 31.2 Å². The highest BCUT2D eigenvalue weighted by Gasteiger charge is 2.20. The van der Waals surface area contributed by atoms with Gasteiger partial charge in [-0.3, -0.25) is 9.59 Å². The molecule has 0 saturated carbocycles. The second kappa shape index (κ2) is 9.08. The van der Waals surface area contributed by atoms with Crippen LogP contribution in [0.1, 0.15) is 42.7 Å². The lowest BCUT2D eigenvalue weighted by Crippen LogP contribution is -2.29. The molecule has 1 N–H and O–H groups in total. The highest BCUT2D eigenvalue weighted by molar-refractivity contribution is 7.90. The number of rotatable bonds is 7. The predicted octanol–water partition coefficient (Wildman–Crippen LogP) is 4.91. The molecule has 0 bridgehead atoms. The normalized spacial score (nSPS) is 11.4. The van der Waals surface area contributed by atoms with Crippen molar-refractivity contribution in [1.82, 2.24) is 9.29 Å². The van der Waals surface area contributed by atoms with Gasteiger partial charge in [0.05, 0.1) is 10.6 Å². The fourth-order valence-corrected chi connectivity index (χ4v) is 4.48. The average molecular weight is 459 g/mol. The number of Topliss-reactive ketones (excluding diaryl/α,β-unsaturated/α-hetero) is 1. The van der Waals surface area contributed by atoms with E-state index >= 15 is 0 Å². The number of hydrogen-bond acceptors (Lipinski definition) is 4. The molecule has 31 heavy (non-hydrogen) atoms. The summed E-state index contributed by atoms with van der Waals surface area (Å²) in [6, 6.07) is 15.3. The molecule has 0 atom stereocenters. The lowest BCUT2D eigenvalue weighted by atomic mass is 10.1. The van der Waals surface area contributed by atoms with Crippen molar-refractivity contribution in [2.45, 2.75) is 38.5 Å². The Morgan fingerprint density at radius 3 is 2.13 bits per heavy atom. The molecule has 1 aromatic heterocycles. The highest BCUT2D eigenvalue weighted by Crippen LogP contribution is 2.31. The number of carbonyl (C=O) groups excluding carboxylic acids is 2. The van der Waals surface area contributed by atoms with Crippen molar-refractivity contribution in [2.75, 3.05) is 0 Å². The molecule has 1 heterocycles. The maximum Gasteiger partial charge on any atom is 0.264 e. The summed E-state index contributed by atoms with van der Waals surface area (Å²) < 4.78 is 28.7. The van der Waals surface area contributed by atoms with Crippen molar-refractivity contribution in [3.63, 3.8) is 0 Å². The first-order chi connectivity index (χ1) is 14.7. The quantitative estimate of drug-likeness (QED) is 0.509. The molecular weight excluding hydrogens is 436 g/mol. The number of carbonyl (C=O) groups is 2. The van der Waals surface area contributed by atoms with Crippen LogP contribution in [0, 0.1) is 6.92 Å². The minimum Gasteiger partial charge on any atom is -0.313 e. The van der Waals surface area contributed by atoms with E-state index in [-0.39, 0.29) is 17.1 Å². The van der Waals surface area contributed by atoms with E-state index in [1.165, 1.54) is 12.1 Å². The fraction of sp³-hybridized carbons (Fsp3) is 0.217. The van der Waals surface area contributed by atoms with Crippen LogP contribution in [0.25, 0.3) is 16.9 Å². The van der Waals surface area contributed by atoms with Crippen LogP contribution < -0.4 is 4.72 Å². The number of sulfonamides is 1. The van der Waals surface area contributed by atoms with Gasteiger partial charge >= 0.3 is 0 Å². The number of aromatic nitrogens is 1. The number of amides is 1. The van der Waals surface area contributed by atoms with Crippen molar-refractivity contribution in [3.8, 4) is 16.9 Å². The van der Waals surface area contributed by atoms with E-state index in [2.05, 4.69) is 0 Å². The van der Waals surface area contributed by atoms with Gasteiger partial charge in [-0.25, -0.2) is 13.1 Å². The van der Waals surface area contributed by atoms with Crippen LogP contribution in [0.15, 0.2) is 59.5 Å². The molecule has 0 saturated heterocycles. The van der Waals surface area contributed by atoms with Crippen LogP contribution in [-0.4, -0.2) is 24.7 Å². The smallest absolute Gasteiger partial charge is 0.264 e. The van der Waals surface area contributed by atoms with Crippen LogP contribution in [0.4, 0.5) is 0 Å². The van der Waals surface area contributed by atoms with E-state index in [0.717, 1.165) is 17.0 Å². The molecule has 6 nitrogen and oxygen atoms in total. The lowest BCUT2D eigenvalue weighted by molar-refractivity contribution is -0.119. The fourth-order valence-electron chi connectivity index (χ4n) is 3.30. The SMILES string of the molecule is CCC(=O)NS(=O)(=O)c1ccc(-n2c(-c3ccc(Cl)cc3)cc(C(=O)CC)c2C)cc1. The molecular formula is C23H23ClN2O4S. The third-order valence-electron chi connectivity index (χ3n) is 4.98. The van der Waals surface area contributed by atoms with Gasteiger partial charge in [-0.15, -0.1) is 0 Å². The van der Waals surface area contributed by atoms with Crippen molar-refractivity contribution in [1.29, 1.82) is 0 Å². The molecule has 3 aromatic rings. The second-order valence-electron chi connectivity index (χ2n) is 7.02. The van der Waals surface area contributed by atoms with Crippen LogP contribution in [0.3, 0.4) is 0 Å². The minimum absolute atomic E-state index is 0.0132. The Hall–Kier alpha value is -2.90. The van der Waals surface area contributed by atoms with Crippen LogP contribution in [0.2, 0.25) is 5.02 Å². The molecule has 0 radical (unpaired) electrons. The van der Waals surface area contributed by atoms with Crippen molar-refractivity contribution in [3.05, 3.63) is 70.9 Å². The molecule has 0 aliphatic carbocycles.